The van der Waals surface area contributed by atoms with Crippen molar-refractivity contribution < 1.29 is 0 Å². The molecule has 1 aromatic carbocycles. The molecule has 1 aromatic heterocycles. The lowest BCUT2D eigenvalue weighted by Crippen LogP contribution is -2.27. The van der Waals surface area contributed by atoms with Crippen LogP contribution in [0.25, 0.3) is 0 Å². The smallest absolute Gasteiger partial charge is 0.268 e. The molecule has 4 nitrogen and oxygen atoms in total. The van der Waals surface area contributed by atoms with Gasteiger partial charge in [-0.2, -0.15) is 5.10 Å². The van der Waals surface area contributed by atoms with Crippen LogP contribution in [0.1, 0.15) is 18.4 Å². The van der Waals surface area contributed by atoms with Crippen molar-refractivity contribution in [2.45, 2.75) is 25.8 Å². The molecule has 0 spiro atoms. The van der Waals surface area contributed by atoms with E-state index in [4.69, 9.17) is 0 Å². The predicted molar refractivity (Wildman–Crippen MR) is 84.6 cm³/mol. The Morgan fingerprint density at radius 3 is 2.71 bits per heavy atom. The van der Waals surface area contributed by atoms with Gasteiger partial charge >= 0.3 is 0 Å². The summed E-state index contributed by atoms with van der Waals surface area (Å²) in [5, 5.41) is 4.30. The van der Waals surface area contributed by atoms with Gasteiger partial charge < -0.3 is 4.90 Å². The molecule has 1 aliphatic rings. The lowest BCUT2D eigenvalue weighted by atomic mass is 10.1. The third-order valence-electron chi connectivity index (χ3n) is 4.00. The summed E-state index contributed by atoms with van der Waals surface area (Å²) in [5.74, 6) is 0.664. The van der Waals surface area contributed by atoms with E-state index >= 15 is 0 Å². The molecule has 1 saturated carbocycles. The summed E-state index contributed by atoms with van der Waals surface area (Å²) >= 11 is 0. The molecule has 0 amide bonds. The number of benzene rings is 1. The third kappa shape index (κ3) is 3.72. The molecule has 0 saturated heterocycles. The Labute approximate surface area is 125 Å². The van der Waals surface area contributed by atoms with E-state index in [1.165, 1.54) is 18.4 Å². The number of anilines is 1. The second-order valence-corrected chi connectivity index (χ2v) is 5.83. The Morgan fingerprint density at radius 2 is 2.05 bits per heavy atom. The molecule has 4 heteroatoms. The van der Waals surface area contributed by atoms with E-state index in [0.29, 0.717) is 5.92 Å². The second-order valence-electron chi connectivity index (χ2n) is 5.83. The van der Waals surface area contributed by atoms with Crippen molar-refractivity contribution in [3.8, 4) is 0 Å². The average Bonchev–Trinajstić information content (AvgIpc) is 3.32. The van der Waals surface area contributed by atoms with E-state index in [-0.39, 0.29) is 5.56 Å². The summed E-state index contributed by atoms with van der Waals surface area (Å²) in [4.78, 5) is 14.1. The van der Waals surface area contributed by atoms with Gasteiger partial charge in [-0.05, 0) is 30.7 Å². The summed E-state index contributed by atoms with van der Waals surface area (Å²) < 4.78 is 1.59. The minimum absolute atomic E-state index is 0.00552. The first-order chi connectivity index (χ1) is 10.2. The summed E-state index contributed by atoms with van der Waals surface area (Å²) in [6, 6.07) is 12.1. The zero-order valence-electron chi connectivity index (χ0n) is 12.4. The van der Waals surface area contributed by atoms with Gasteiger partial charge in [0.2, 0.25) is 0 Å². The van der Waals surface area contributed by atoms with Gasteiger partial charge in [0, 0.05) is 26.2 Å². The highest BCUT2D eigenvalue weighted by atomic mass is 16.1. The largest absolute Gasteiger partial charge is 0.373 e. The molecule has 1 fully saturated rings. The topological polar surface area (TPSA) is 38.1 Å². The fourth-order valence-electron chi connectivity index (χ4n) is 2.39. The minimum Gasteiger partial charge on any atom is -0.373 e. The van der Waals surface area contributed by atoms with E-state index in [0.717, 1.165) is 25.2 Å². The molecule has 0 unspecified atom stereocenters. The fraction of sp³-hybridized carbons (Fsp3) is 0.412. The van der Waals surface area contributed by atoms with Gasteiger partial charge in [0.15, 0.2) is 0 Å². The van der Waals surface area contributed by atoms with Crippen LogP contribution in [0.5, 0.6) is 0 Å². The number of hydrogen-bond acceptors (Lipinski definition) is 3. The van der Waals surface area contributed by atoms with Gasteiger partial charge in [0.1, 0.15) is 0 Å². The first-order valence-corrected chi connectivity index (χ1v) is 7.54. The minimum atomic E-state index is 0.00552. The van der Waals surface area contributed by atoms with Gasteiger partial charge in [0.05, 0.1) is 11.9 Å². The molecule has 0 N–H and O–H groups in total. The average molecular weight is 283 g/mol. The zero-order valence-corrected chi connectivity index (χ0v) is 12.4. The maximum Gasteiger partial charge on any atom is 0.268 e. The van der Waals surface area contributed by atoms with Crippen molar-refractivity contribution in [2.24, 2.45) is 5.92 Å². The van der Waals surface area contributed by atoms with Crippen LogP contribution in [0.2, 0.25) is 0 Å². The van der Waals surface area contributed by atoms with E-state index in [1.54, 1.807) is 16.9 Å². The van der Waals surface area contributed by atoms with Crippen LogP contribution in [0.4, 0.5) is 5.69 Å². The molecular formula is C17H21N3O. The van der Waals surface area contributed by atoms with Gasteiger partial charge in [-0.15, -0.1) is 0 Å². The standard InChI is InChI=1S/C17H21N3O/c1-19(10-9-14-5-3-2-4-6-14)16-11-17(21)20(18-12-16)13-15-7-8-15/h2-6,11-12,15H,7-10,13H2,1H3. The van der Waals surface area contributed by atoms with Crippen molar-refractivity contribution in [2.75, 3.05) is 18.5 Å². The Bertz CT molecular complexity index is 647. The molecule has 3 rings (SSSR count). The zero-order chi connectivity index (χ0) is 14.7. The quantitative estimate of drug-likeness (QED) is 0.816. The Hall–Kier alpha value is -2.10. The molecule has 110 valence electrons. The van der Waals surface area contributed by atoms with Crippen LogP contribution in [0.15, 0.2) is 47.4 Å². The first-order valence-electron chi connectivity index (χ1n) is 7.54. The van der Waals surface area contributed by atoms with Gasteiger partial charge in [-0.25, -0.2) is 4.68 Å². The predicted octanol–water partition coefficient (Wildman–Crippen LogP) is 2.33. The van der Waals surface area contributed by atoms with Crippen molar-refractivity contribution in [1.82, 2.24) is 9.78 Å². The molecule has 0 radical (unpaired) electrons. The van der Waals surface area contributed by atoms with E-state index in [1.807, 2.05) is 13.1 Å². The van der Waals surface area contributed by atoms with Crippen LogP contribution >= 0.6 is 0 Å². The Balaban J connectivity index is 1.62. The molecular weight excluding hydrogens is 262 g/mol. The van der Waals surface area contributed by atoms with E-state index in [2.05, 4.69) is 34.3 Å². The number of nitrogens with zero attached hydrogens (tertiary/aromatic N) is 3. The monoisotopic (exact) mass is 283 g/mol. The number of likely N-dealkylation sites (N-methyl/N-ethyl adjacent to an activating group) is 1. The number of hydrogen-bond donors (Lipinski definition) is 0. The maximum absolute atomic E-state index is 12.1. The fourth-order valence-corrected chi connectivity index (χ4v) is 2.39. The summed E-state index contributed by atoms with van der Waals surface area (Å²) in [5.41, 5.74) is 2.20. The van der Waals surface area contributed by atoms with Crippen molar-refractivity contribution in [3.05, 3.63) is 58.5 Å². The molecule has 0 bridgehead atoms. The Morgan fingerprint density at radius 1 is 1.29 bits per heavy atom. The van der Waals surface area contributed by atoms with Gasteiger partial charge in [-0.3, -0.25) is 4.79 Å². The Kier molecular flexibility index (Phi) is 4.04. The lowest BCUT2D eigenvalue weighted by Gasteiger charge is -2.19. The SMILES string of the molecule is CN(CCc1ccccc1)c1cnn(CC2CC2)c(=O)c1. The first kappa shape index (κ1) is 13.9. The second kappa shape index (κ2) is 6.12. The summed E-state index contributed by atoms with van der Waals surface area (Å²) in [7, 11) is 2.00. The highest BCUT2D eigenvalue weighted by Crippen LogP contribution is 2.29. The van der Waals surface area contributed by atoms with Crippen molar-refractivity contribution in [1.29, 1.82) is 0 Å². The lowest BCUT2D eigenvalue weighted by molar-refractivity contribution is 0.533. The molecule has 1 heterocycles. The maximum atomic E-state index is 12.1. The van der Waals surface area contributed by atoms with Gasteiger partial charge in [0.25, 0.3) is 5.56 Å². The highest BCUT2D eigenvalue weighted by molar-refractivity contribution is 5.42. The van der Waals surface area contributed by atoms with Crippen LogP contribution in [-0.2, 0) is 13.0 Å². The van der Waals surface area contributed by atoms with Crippen molar-refractivity contribution in [3.63, 3.8) is 0 Å². The highest BCUT2D eigenvalue weighted by Gasteiger charge is 2.22. The third-order valence-corrected chi connectivity index (χ3v) is 4.00. The molecule has 0 aliphatic heterocycles. The number of aromatic nitrogens is 2. The normalized spacial score (nSPS) is 14.1. The summed E-state index contributed by atoms with van der Waals surface area (Å²) in [6.45, 7) is 1.64. The molecule has 21 heavy (non-hydrogen) atoms. The molecule has 2 aromatic rings. The number of rotatable bonds is 6. The summed E-state index contributed by atoms with van der Waals surface area (Å²) in [6.07, 6.45) is 5.22. The molecule has 0 atom stereocenters. The van der Waals surface area contributed by atoms with Crippen LogP contribution in [-0.4, -0.2) is 23.4 Å². The van der Waals surface area contributed by atoms with E-state index < -0.39 is 0 Å². The van der Waals surface area contributed by atoms with Crippen LogP contribution in [0, 0.1) is 5.92 Å². The van der Waals surface area contributed by atoms with Crippen LogP contribution < -0.4 is 10.5 Å². The van der Waals surface area contributed by atoms with E-state index in [9.17, 15) is 4.79 Å². The molecule has 1 aliphatic carbocycles. The van der Waals surface area contributed by atoms with Crippen molar-refractivity contribution >= 4 is 5.69 Å². The van der Waals surface area contributed by atoms with Gasteiger partial charge in [-0.1, -0.05) is 30.3 Å². The van der Waals surface area contributed by atoms with Crippen LogP contribution in [0.3, 0.4) is 0 Å².